The molecule has 0 aliphatic carbocycles. The van der Waals surface area contributed by atoms with Gasteiger partial charge in [0, 0.05) is 12.7 Å². The topological polar surface area (TPSA) is 24.5 Å². The lowest BCUT2D eigenvalue weighted by Gasteiger charge is -2.33. The van der Waals surface area contributed by atoms with E-state index in [-0.39, 0.29) is 23.8 Å². The Labute approximate surface area is 125 Å². The monoisotopic (exact) mass is 300 g/mol. The molecule has 2 fully saturated rings. The van der Waals surface area contributed by atoms with E-state index in [1.165, 1.54) is 12.1 Å². The highest BCUT2D eigenvalue weighted by atomic mass is 35.5. The Morgan fingerprint density at radius 2 is 1.90 bits per heavy atom. The van der Waals surface area contributed by atoms with Crippen molar-refractivity contribution in [3.63, 3.8) is 0 Å². The maximum atomic E-state index is 13.0. The van der Waals surface area contributed by atoms with E-state index in [0.29, 0.717) is 6.04 Å². The summed E-state index contributed by atoms with van der Waals surface area (Å²) in [4.78, 5) is 2.22. The number of hydrogen-bond acceptors (Lipinski definition) is 3. The zero-order chi connectivity index (χ0) is 13.3. The van der Waals surface area contributed by atoms with E-state index in [1.807, 2.05) is 12.1 Å². The second kappa shape index (κ2) is 6.29. The van der Waals surface area contributed by atoms with Gasteiger partial charge in [-0.3, -0.25) is 0 Å². The normalized spacial score (nSPS) is 24.4. The van der Waals surface area contributed by atoms with Crippen molar-refractivity contribution >= 4 is 18.1 Å². The molecule has 1 spiro atoms. The first kappa shape index (κ1) is 15.5. The summed E-state index contributed by atoms with van der Waals surface area (Å²) in [6.07, 6.45) is 3.27. The Kier molecular flexibility index (Phi) is 4.89. The average Bonchev–Trinajstić information content (AvgIpc) is 2.83. The van der Waals surface area contributed by atoms with Crippen LogP contribution in [0, 0.1) is 5.82 Å². The van der Waals surface area contributed by atoms with Crippen LogP contribution in [0.4, 0.5) is 10.1 Å². The molecule has 0 bridgehead atoms. The SMILES string of the molecule is CN(c1ccc(F)cc1)C1COC2(CCNCC2)C1.Cl. The molecular formula is C15H22ClFN2O. The van der Waals surface area contributed by atoms with Gasteiger partial charge >= 0.3 is 0 Å². The van der Waals surface area contributed by atoms with Crippen LogP contribution in [0.3, 0.4) is 0 Å². The molecule has 20 heavy (non-hydrogen) atoms. The van der Waals surface area contributed by atoms with Gasteiger partial charge in [-0.25, -0.2) is 4.39 Å². The summed E-state index contributed by atoms with van der Waals surface area (Å²) in [5.74, 6) is -0.186. The van der Waals surface area contributed by atoms with Gasteiger partial charge in [-0.1, -0.05) is 0 Å². The lowest BCUT2D eigenvalue weighted by molar-refractivity contribution is -0.0192. The predicted molar refractivity (Wildman–Crippen MR) is 81.2 cm³/mol. The van der Waals surface area contributed by atoms with Crippen LogP contribution in [0.15, 0.2) is 24.3 Å². The minimum atomic E-state index is -0.186. The van der Waals surface area contributed by atoms with E-state index in [2.05, 4.69) is 17.3 Å². The number of likely N-dealkylation sites (N-methyl/N-ethyl adjacent to an activating group) is 1. The van der Waals surface area contributed by atoms with Gasteiger partial charge in [-0.05, 0) is 56.6 Å². The first-order chi connectivity index (χ1) is 9.19. The molecular weight excluding hydrogens is 279 g/mol. The highest BCUT2D eigenvalue weighted by Crippen LogP contribution is 2.36. The highest BCUT2D eigenvalue weighted by Gasteiger charge is 2.42. The van der Waals surface area contributed by atoms with Crippen LogP contribution in [-0.4, -0.2) is 38.4 Å². The van der Waals surface area contributed by atoms with Crippen LogP contribution in [0.25, 0.3) is 0 Å². The molecule has 0 aromatic heterocycles. The van der Waals surface area contributed by atoms with Crippen LogP contribution in [0.5, 0.6) is 0 Å². The van der Waals surface area contributed by atoms with Gasteiger partial charge < -0.3 is 15.0 Å². The number of rotatable bonds is 2. The lowest BCUT2D eigenvalue weighted by atomic mass is 9.88. The molecule has 2 saturated heterocycles. The van der Waals surface area contributed by atoms with Crippen molar-refractivity contribution in [3.05, 3.63) is 30.1 Å². The smallest absolute Gasteiger partial charge is 0.123 e. The van der Waals surface area contributed by atoms with Crippen molar-refractivity contribution in [2.24, 2.45) is 0 Å². The molecule has 3 rings (SSSR count). The number of piperidine rings is 1. The van der Waals surface area contributed by atoms with Crippen LogP contribution in [-0.2, 0) is 4.74 Å². The lowest BCUT2D eigenvalue weighted by Crippen LogP contribution is -2.42. The Hall–Kier alpha value is -0.840. The second-order valence-corrected chi connectivity index (χ2v) is 5.69. The number of hydrogen-bond donors (Lipinski definition) is 1. The first-order valence-corrected chi connectivity index (χ1v) is 7.02. The summed E-state index contributed by atoms with van der Waals surface area (Å²) in [6.45, 7) is 2.87. The van der Waals surface area contributed by atoms with Gasteiger partial charge in [0.2, 0.25) is 0 Å². The molecule has 1 atom stereocenters. The second-order valence-electron chi connectivity index (χ2n) is 5.69. The van der Waals surface area contributed by atoms with Crippen molar-refractivity contribution in [2.75, 3.05) is 31.6 Å². The molecule has 2 aliphatic heterocycles. The van der Waals surface area contributed by atoms with Crippen LogP contribution < -0.4 is 10.2 Å². The highest BCUT2D eigenvalue weighted by molar-refractivity contribution is 5.85. The zero-order valence-corrected chi connectivity index (χ0v) is 12.6. The molecule has 5 heteroatoms. The van der Waals surface area contributed by atoms with Crippen molar-refractivity contribution < 1.29 is 9.13 Å². The predicted octanol–water partition coefficient (Wildman–Crippen LogP) is 2.59. The number of ether oxygens (including phenoxy) is 1. The summed E-state index contributed by atoms with van der Waals surface area (Å²) in [6, 6.07) is 7.10. The fourth-order valence-electron chi connectivity index (χ4n) is 3.19. The Morgan fingerprint density at radius 3 is 2.55 bits per heavy atom. The molecule has 3 nitrogen and oxygen atoms in total. The summed E-state index contributed by atoms with van der Waals surface area (Å²) in [5.41, 5.74) is 1.13. The molecule has 2 heterocycles. The summed E-state index contributed by atoms with van der Waals surface area (Å²) >= 11 is 0. The third-order valence-corrected chi connectivity index (χ3v) is 4.49. The molecule has 2 aliphatic rings. The van der Waals surface area contributed by atoms with Crippen LogP contribution in [0.2, 0.25) is 0 Å². The van der Waals surface area contributed by atoms with E-state index in [1.54, 1.807) is 0 Å². The molecule has 0 amide bonds. The number of nitrogens with one attached hydrogen (secondary N) is 1. The maximum absolute atomic E-state index is 13.0. The Bertz CT molecular complexity index is 434. The van der Waals surface area contributed by atoms with E-state index in [4.69, 9.17) is 4.74 Å². The van der Waals surface area contributed by atoms with Crippen molar-refractivity contribution in [2.45, 2.75) is 30.9 Å². The molecule has 0 radical (unpaired) electrons. The minimum absolute atomic E-state index is 0. The van der Waals surface area contributed by atoms with Crippen LogP contribution in [0.1, 0.15) is 19.3 Å². The van der Waals surface area contributed by atoms with Crippen molar-refractivity contribution in [1.82, 2.24) is 5.32 Å². The minimum Gasteiger partial charge on any atom is -0.373 e. The first-order valence-electron chi connectivity index (χ1n) is 7.02. The number of anilines is 1. The summed E-state index contributed by atoms with van der Waals surface area (Å²) < 4.78 is 19.1. The Balaban J connectivity index is 0.00000147. The van der Waals surface area contributed by atoms with Gasteiger partial charge in [0.25, 0.3) is 0 Å². The maximum Gasteiger partial charge on any atom is 0.123 e. The molecule has 0 saturated carbocycles. The Morgan fingerprint density at radius 1 is 1.25 bits per heavy atom. The third-order valence-electron chi connectivity index (χ3n) is 4.49. The van der Waals surface area contributed by atoms with E-state index < -0.39 is 0 Å². The fraction of sp³-hybridized carbons (Fsp3) is 0.600. The molecule has 1 unspecified atom stereocenters. The summed E-state index contributed by atoms with van der Waals surface area (Å²) in [5, 5.41) is 3.38. The van der Waals surface area contributed by atoms with E-state index in [9.17, 15) is 4.39 Å². The van der Waals surface area contributed by atoms with Gasteiger partial charge in [-0.15, -0.1) is 12.4 Å². The number of benzene rings is 1. The standard InChI is InChI=1S/C15H21FN2O.ClH/c1-18(13-4-2-12(16)3-5-13)14-10-15(19-11-14)6-8-17-9-7-15;/h2-5,14,17H,6-11H2,1H3;1H. The average molecular weight is 301 g/mol. The van der Waals surface area contributed by atoms with E-state index >= 15 is 0 Å². The quantitative estimate of drug-likeness (QED) is 0.908. The molecule has 1 N–H and O–H groups in total. The number of nitrogens with zero attached hydrogens (tertiary/aromatic N) is 1. The van der Waals surface area contributed by atoms with Crippen molar-refractivity contribution in [3.8, 4) is 0 Å². The van der Waals surface area contributed by atoms with Gasteiger partial charge in [0.1, 0.15) is 5.82 Å². The van der Waals surface area contributed by atoms with Gasteiger partial charge in [-0.2, -0.15) is 0 Å². The van der Waals surface area contributed by atoms with Gasteiger partial charge in [0.05, 0.1) is 18.2 Å². The molecule has 1 aromatic rings. The largest absolute Gasteiger partial charge is 0.373 e. The van der Waals surface area contributed by atoms with Gasteiger partial charge in [0.15, 0.2) is 0 Å². The number of halogens is 2. The molecule has 112 valence electrons. The van der Waals surface area contributed by atoms with E-state index in [0.717, 1.165) is 44.6 Å². The summed E-state index contributed by atoms with van der Waals surface area (Å²) in [7, 11) is 2.07. The zero-order valence-electron chi connectivity index (χ0n) is 11.8. The molecule has 1 aromatic carbocycles. The third kappa shape index (κ3) is 3.08. The van der Waals surface area contributed by atoms with Crippen LogP contribution >= 0.6 is 12.4 Å². The van der Waals surface area contributed by atoms with Crippen molar-refractivity contribution in [1.29, 1.82) is 0 Å². The fourth-order valence-corrected chi connectivity index (χ4v) is 3.19.